The van der Waals surface area contributed by atoms with Gasteiger partial charge in [0.15, 0.2) is 0 Å². The number of hydrogen-bond acceptors (Lipinski definition) is 2. The van der Waals surface area contributed by atoms with Crippen LogP contribution in [0.2, 0.25) is 0 Å². The molecule has 24 rings (SSSR count). The van der Waals surface area contributed by atoms with E-state index in [0.717, 1.165) is 0 Å². The molecule has 0 spiro atoms. The van der Waals surface area contributed by atoms with E-state index in [1.807, 2.05) is 22.7 Å². The second-order valence-corrected chi connectivity index (χ2v) is 33.1. The third-order valence-corrected chi connectivity index (χ3v) is 25.9. The number of thiophene rings is 2. The van der Waals surface area contributed by atoms with Crippen molar-refractivity contribution in [2.75, 3.05) is 0 Å². The highest BCUT2D eigenvalue weighted by Crippen LogP contribution is 2.45. The van der Waals surface area contributed by atoms with Crippen molar-refractivity contribution in [2.24, 2.45) is 0 Å². The summed E-state index contributed by atoms with van der Waals surface area (Å²) in [5.41, 5.74) is 30.0. The summed E-state index contributed by atoms with van der Waals surface area (Å²) in [6.45, 7) is 8.52. The average Bonchev–Trinajstić information content (AvgIpc) is 1.73. The lowest BCUT2D eigenvalue weighted by atomic mass is 10.0. The van der Waals surface area contributed by atoms with Crippen molar-refractivity contribution in [1.82, 2.24) is 18.3 Å². The Morgan fingerprint density at radius 3 is 0.881 bits per heavy atom. The molecule has 0 N–H and O–H groups in total. The molecule has 560 valence electrons. The lowest BCUT2D eigenvalue weighted by Crippen LogP contribution is -1.93. The van der Waals surface area contributed by atoms with E-state index in [-0.39, 0.29) is 0 Å². The van der Waals surface area contributed by atoms with Gasteiger partial charge in [0.05, 0.1) is 44.1 Å². The molecular formula is C112H80N4S2. The largest absolute Gasteiger partial charge is 0.309 e. The number of hydrogen-bond donors (Lipinski definition) is 0. The monoisotopic (exact) mass is 1540 g/mol. The van der Waals surface area contributed by atoms with Crippen LogP contribution in [0.15, 0.2) is 413 Å². The molecule has 0 amide bonds. The summed E-state index contributed by atoms with van der Waals surface area (Å²) in [4.78, 5) is 0. The van der Waals surface area contributed by atoms with Gasteiger partial charge >= 0.3 is 0 Å². The lowest BCUT2D eigenvalue weighted by Gasteiger charge is -2.09. The number of nitrogens with zero attached hydrogens (tertiary/aromatic N) is 4. The zero-order valence-corrected chi connectivity index (χ0v) is 67.5. The molecule has 0 atom stereocenters. The molecule has 6 aromatic heterocycles. The van der Waals surface area contributed by atoms with Crippen LogP contribution in [0.3, 0.4) is 0 Å². The first kappa shape index (κ1) is 71.4. The van der Waals surface area contributed by atoms with E-state index in [1.54, 1.807) is 0 Å². The van der Waals surface area contributed by atoms with E-state index in [1.165, 1.54) is 217 Å². The van der Waals surface area contributed by atoms with Crippen LogP contribution in [0.4, 0.5) is 0 Å². The quantitative estimate of drug-likeness (QED) is 0.144. The number of benzene rings is 18. The van der Waals surface area contributed by atoms with Crippen molar-refractivity contribution < 1.29 is 0 Å². The van der Waals surface area contributed by atoms with E-state index in [2.05, 4.69) is 458 Å². The van der Waals surface area contributed by atoms with E-state index in [9.17, 15) is 0 Å². The fourth-order valence-electron chi connectivity index (χ4n) is 17.7. The van der Waals surface area contributed by atoms with Gasteiger partial charge in [-0.05, 0) is 206 Å². The van der Waals surface area contributed by atoms with E-state index in [4.69, 9.17) is 0 Å². The van der Waals surface area contributed by atoms with Crippen molar-refractivity contribution in [3.8, 4) is 67.3 Å². The van der Waals surface area contributed by atoms with Crippen LogP contribution >= 0.6 is 22.7 Å². The van der Waals surface area contributed by atoms with Gasteiger partial charge in [0, 0.05) is 106 Å². The highest BCUT2D eigenvalue weighted by molar-refractivity contribution is 7.26. The fourth-order valence-corrected chi connectivity index (χ4v) is 20.0. The number of para-hydroxylation sites is 6. The van der Waals surface area contributed by atoms with Crippen LogP contribution in [0.5, 0.6) is 0 Å². The summed E-state index contributed by atoms with van der Waals surface area (Å²) in [5.74, 6) is 0. The Kier molecular flexibility index (Phi) is 18.2. The second kappa shape index (κ2) is 30.1. The first-order chi connectivity index (χ1) is 58.2. The second-order valence-electron chi connectivity index (χ2n) is 31.0. The van der Waals surface area contributed by atoms with Crippen LogP contribution in [-0.4, -0.2) is 18.3 Å². The van der Waals surface area contributed by atoms with Crippen molar-refractivity contribution in [1.29, 1.82) is 0 Å². The normalized spacial score (nSPS) is 11.6. The molecule has 0 aliphatic carbocycles. The molecule has 6 heterocycles. The highest BCUT2D eigenvalue weighted by atomic mass is 32.1. The van der Waals surface area contributed by atoms with Gasteiger partial charge in [0.1, 0.15) is 0 Å². The molecule has 18 aromatic carbocycles. The Morgan fingerprint density at radius 1 is 0.161 bits per heavy atom. The Morgan fingerprint density at radius 2 is 0.441 bits per heavy atom. The van der Waals surface area contributed by atoms with Crippen LogP contribution in [0, 0.1) is 27.7 Å². The number of aryl methyl sites for hydroxylation is 4. The highest BCUT2D eigenvalue weighted by Gasteiger charge is 2.20. The molecule has 0 fully saturated rings. The maximum Gasteiger partial charge on any atom is 0.0541 e. The van der Waals surface area contributed by atoms with Crippen molar-refractivity contribution in [2.45, 2.75) is 27.7 Å². The van der Waals surface area contributed by atoms with E-state index >= 15 is 0 Å². The molecule has 6 heteroatoms. The molecule has 118 heavy (non-hydrogen) atoms. The minimum Gasteiger partial charge on any atom is -0.309 e. The summed E-state index contributed by atoms with van der Waals surface area (Å²) in [6, 6.07) is 149. The molecule has 0 saturated heterocycles. The lowest BCUT2D eigenvalue weighted by molar-refractivity contribution is 1.17. The minimum atomic E-state index is 1.19. The summed E-state index contributed by atoms with van der Waals surface area (Å²) in [6.07, 6.45) is 0. The number of fused-ring (bicyclic) bond motifs is 18. The predicted octanol–water partition coefficient (Wildman–Crippen LogP) is 31.8. The first-order valence-corrected chi connectivity index (χ1v) is 42.1. The first-order valence-electron chi connectivity index (χ1n) is 40.5. The summed E-state index contributed by atoms with van der Waals surface area (Å²) in [7, 11) is 0. The molecule has 0 bridgehead atoms. The molecular weight excluding hydrogens is 1470 g/mol. The Hall–Kier alpha value is -14.4. The minimum absolute atomic E-state index is 1.19. The zero-order chi connectivity index (χ0) is 78.9. The van der Waals surface area contributed by atoms with E-state index in [0.29, 0.717) is 0 Å². The molecule has 0 radical (unpaired) electrons. The number of rotatable bonds is 8. The maximum atomic E-state index is 2.38. The van der Waals surface area contributed by atoms with Gasteiger partial charge in [-0.3, -0.25) is 0 Å². The predicted molar refractivity (Wildman–Crippen MR) is 510 cm³/mol. The molecule has 0 saturated carbocycles. The Labute approximate surface area is 693 Å². The summed E-state index contributed by atoms with van der Waals surface area (Å²) < 4.78 is 14.9. The Balaban J connectivity index is 0.0000000985. The van der Waals surface area contributed by atoms with Gasteiger partial charge in [-0.25, -0.2) is 0 Å². The van der Waals surface area contributed by atoms with Gasteiger partial charge in [-0.15, -0.1) is 22.7 Å². The van der Waals surface area contributed by atoms with Gasteiger partial charge in [0.25, 0.3) is 0 Å². The maximum absolute atomic E-state index is 2.38. The van der Waals surface area contributed by atoms with Crippen LogP contribution < -0.4 is 0 Å². The smallest absolute Gasteiger partial charge is 0.0541 e. The molecule has 0 aliphatic heterocycles. The van der Waals surface area contributed by atoms with Gasteiger partial charge in [-0.2, -0.15) is 0 Å². The third-order valence-electron chi connectivity index (χ3n) is 23.5. The Bertz CT molecular complexity index is 7820. The van der Waals surface area contributed by atoms with Crippen molar-refractivity contribution in [3.63, 3.8) is 0 Å². The molecule has 24 aromatic rings. The summed E-state index contributed by atoms with van der Waals surface area (Å²) >= 11 is 3.76. The topological polar surface area (TPSA) is 19.7 Å². The van der Waals surface area contributed by atoms with Crippen LogP contribution in [-0.2, 0) is 0 Å². The SMILES string of the molecule is Cc1ccc(-c2ccc(-n3c4ccccc4c4ccccc43)cc2)cc1.Cc1ccc(-n2c3ccccc3c3cc(-c4ccc5sc6ccccc6c5c4)ccc32)cc1.Cc1ccc(-n2c3ccccc3c3cc(-c4cccc5c4sc4ccccc45)ccc32)cc1.Cc1cccc(-c2ccc(-n3c4ccccc4c4ccccc43)cc2)c1. The van der Waals surface area contributed by atoms with Crippen molar-refractivity contribution >= 4 is 150 Å². The fraction of sp³-hybridized carbons (Fsp3) is 0.0357. The third kappa shape index (κ3) is 12.9. The molecule has 0 unspecified atom stereocenters. The standard InChI is InChI=1S/2C31H21NS.2C25H19N/c1-20-13-16-22(17-14-20)32-28-11-4-2-7-24(28)27-19-21(15-18-29(27)32)23-9-6-10-26-25-8-3-5-12-30(25)33-31(23)26;1-20-10-14-23(15-11-20)32-28-8-4-2-6-24(28)26-18-21(12-16-29(26)32)22-13-17-31-27(19-22)25-7-3-5-9-30(25)33-31;1-18-7-6-8-20(17-18)19-13-15-21(16-14-19)26-24-11-4-2-9-22(24)23-10-3-5-12-25(23)26;1-18-10-12-19(13-11-18)20-14-16-21(17-15-20)26-24-8-4-2-6-22(24)23-7-3-5-9-25(23)26/h2*2-19H,1H3;2*2-17H,1H3. The average molecular weight is 1550 g/mol. The molecule has 0 aliphatic rings. The van der Waals surface area contributed by atoms with Gasteiger partial charge < -0.3 is 18.3 Å². The van der Waals surface area contributed by atoms with Crippen LogP contribution in [0.1, 0.15) is 22.3 Å². The van der Waals surface area contributed by atoms with Gasteiger partial charge in [-0.1, -0.05) is 301 Å². The molecule has 4 nitrogen and oxygen atoms in total. The summed E-state index contributed by atoms with van der Waals surface area (Å²) in [5, 5.41) is 15.7. The van der Waals surface area contributed by atoms with E-state index < -0.39 is 0 Å². The number of aromatic nitrogens is 4. The van der Waals surface area contributed by atoms with Crippen molar-refractivity contribution in [3.05, 3.63) is 435 Å². The van der Waals surface area contributed by atoms with Crippen LogP contribution in [0.25, 0.3) is 195 Å². The zero-order valence-electron chi connectivity index (χ0n) is 65.9. The van der Waals surface area contributed by atoms with Gasteiger partial charge in [0.2, 0.25) is 0 Å².